The zero-order chi connectivity index (χ0) is 9.97. The van der Waals surface area contributed by atoms with Crippen LogP contribution in [0.5, 0.6) is 0 Å². The highest BCUT2D eigenvalue weighted by molar-refractivity contribution is 5.51. The number of benzene rings is 1. The van der Waals surface area contributed by atoms with Crippen molar-refractivity contribution >= 4 is 5.69 Å². The van der Waals surface area contributed by atoms with Gasteiger partial charge in [-0.1, -0.05) is 12.1 Å². The van der Waals surface area contributed by atoms with Crippen LogP contribution in [0.25, 0.3) is 0 Å². The molecule has 1 unspecified atom stereocenters. The highest BCUT2D eigenvalue weighted by Gasteiger charge is 2.17. The minimum absolute atomic E-state index is 0.659. The normalized spacial score (nSPS) is 22.2. The summed E-state index contributed by atoms with van der Waals surface area (Å²) >= 11 is 0. The van der Waals surface area contributed by atoms with E-state index in [4.69, 9.17) is 5.73 Å². The highest BCUT2D eigenvalue weighted by Crippen LogP contribution is 2.28. The lowest BCUT2D eigenvalue weighted by Gasteiger charge is -2.25. The van der Waals surface area contributed by atoms with E-state index in [2.05, 4.69) is 24.4 Å². The molecule has 3 N–H and O–H groups in total. The molecule has 2 nitrogen and oxygen atoms in total. The molecule has 14 heavy (non-hydrogen) atoms. The fraction of sp³-hybridized carbons (Fsp3) is 0.500. The average molecular weight is 190 g/mol. The van der Waals surface area contributed by atoms with E-state index in [1.165, 1.54) is 24.0 Å². The van der Waals surface area contributed by atoms with Gasteiger partial charge in [-0.15, -0.1) is 0 Å². The van der Waals surface area contributed by atoms with Gasteiger partial charge >= 0.3 is 0 Å². The first-order chi connectivity index (χ1) is 6.79. The number of anilines is 1. The molecular formula is C12H18N2. The fourth-order valence-electron chi connectivity index (χ4n) is 2.23. The third kappa shape index (κ3) is 1.75. The van der Waals surface area contributed by atoms with E-state index in [0.29, 0.717) is 5.92 Å². The molecular weight excluding hydrogens is 172 g/mol. The zero-order valence-electron chi connectivity index (χ0n) is 8.72. The summed E-state index contributed by atoms with van der Waals surface area (Å²) in [5.41, 5.74) is 9.52. The molecule has 0 aromatic heterocycles. The number of piperidine rings is 1. The van der Waals surface area contributed by atoms with Crippen LogP contribution in [0.2, 0.25) is 0 Å². The van der Waals surface area contributed by atoms with Gasteiger partial charge in [0.1, 0.15) is 0 Å². The van der Waals surface area contributed by atoms with Gasteiger partial charge in [-0.3, -0.25) is 0 Å². The third-order valence-corrected chi connectivity index (χ3v) is 3.15. The zero-order valence-corrected chi connectivity index (χ0v) is 8.72. The Morgan fingerprint density at radius 1 is 1.43 bits per heavy atom. The first-order valence-corrected chi connectivity index (χ1v) is 5.34. The highest BCUT2D eigenvalue weighted by atomic mass is 14.9. The van der Waals surface area contributed by atoms with Crippen molar-refractivity contribution in [3.8, 4) is 0 Å². The Labute approximate surface area is 85.5 Å². The summed E-state index contributed by atoms with van der Waals surface area (Å²) in [6.07, 6.45) is 2.57. The predicted molar refractivity (Wildman–Crippen MR) is 60.4 cm³/mol. The van der Waals surface area contributed by atoms with Crippen LogP contribution in [0.3, 0.4) is 0 Å². The number of hydrogen-bond acceptors (Lipinski definition) is 2. The van der Waals surface area contributed by atoms with E-state index in [1.54, 1.807) is 0 Å². The molecule has 1 aromatic carbocycles. The number of rotatable bonds is 1. The van der Waals surface area contributed by atoms with Crippen LogP contribution < -0.4 is 11.1 Å². The maximum atomic E-state index is 5.91. The van der Waals surface area contributed by atoms with E-state index in [0.717, 1.165) is 18.8 Å². The van der Waals surface area contributed by atoms with Gasteiger partial charge in [-0.2, -0.15) is 0 Å². The number of nitrogen functional groups attached to an aromatic ring is 1. The second kappa shape index (κ2) is 4.01. The lowest BCUT2D eigenvalue weighted by Crippen LogP contribution is -2.28. The molecule has 1 aliphatic heterocycles. The SMILES string of the molecule is Cc1c(N)cccc1C1CCCNC1. The van der Waals surface area contributed by atoms with E-state index >= 15 is 0 Å². The molecule has 0 radical (unpaired) electrons. The average Bonchev–Trinajstić information content (AvgIpc) is 2.23. The van der Waals surface area contributed by atoms with Crippen molar-refractivity contribution in [2.24, 2.45) is 0 Å². The Kier molecular flexibility index (Phi) is 2.73. The van der Waals surface area contributed by atoms with Crippen LogP contribution in [0, 0.1) is 6.92 Å². The minimum atomic E-state index is 0.659. The molecule has 0 spiro atoms. The molecule has 1 heterocycles. The van der Waals surface area contributed by atoms with Crippen LogP contribution >= 0.6 is 0 Å². The Bertz CT molecular complexity index is 314. The summed E-state index contributed by atoms with van der Waals surface area (Å²) in [7, 11) is 0. The van der Waals surface area contributed by atoms with Crippen molar-refractivity contribution in [2.75, 3.05) is 18.8 Å². The molecule has 0 amide bonds. The van der Waals surface area contributed by atoms with E-state index in [9.17, 15) is 0 Å². The van der Waals surface area contributed by atoms with Crippen molar-refractivity contribution < 1.29 is 0 Å². The summed E-state index contributed by atoms with van der Waals surface area (Å²) in [6.45, 7) is 4.39. The van der Waals surface area contributed by atoms with Gasteiger partial charge in [0.2, 0.25) is 0 Å². The molecule has 1 saturated heterocycles. The smallest absolute Gasteiger partial charge is 0.0346 e. The molecule has 0 aliphatic carbocycles. The standard InChI is InChI=1S/C12H18N2/c1-9-11(5-2-6-12(9)13)10-4-3-7-14-8-10/h2,5-6,10,14H,3-4,7-8,13H2,1H3. The maximum Gasteiger partial charge on any atom is 0.0346 e. The van der Waals surface area contributed by atoms with Gasteiger partial charge in [-0.25, -0.2) is 0 Å². The summed E-state index contributed by atoms with van der Waals surface area (Å²) in [5, 5.41) is 3.44. The monoisotopic (exact) mass is 190 g/mol. The largest absolute Gasteiger partial charge is 0.399 e. The second-order valence-electron chi connectivity index (χ2n) is 4.10. The van der Waals surface area contributed by atoms with Crippen LogP contribution in [0.1, 0.15) is 29.9 Å². The van der Waals surface area contributed by atoms with Gasteiger partial charge in [0.05, 0.1) is 0 Å². The van der Waals surface area contributed by atoms with Crippen LogP contribution in [0.4, 0.5) is 5.69 Å². The summed E-state index contributed by atoms with van der Waals surface area (Å²) in [4.78, 5) is 0. The summed E-state index contributed by atoms with van der Waals surface area (Å²) in [6, 6.07) is 6.25. The summed E-state index contributed by atoms with van der Waals surface area (Å²) in [5.74, 6) is 0.659. The van der Waals surface area contributed by atoms with Gasteiger partial charge in [0.25, 0.3) is 0 Å². The summed E-state index contributed by atoms with van der Waals surface area (Å²) < 4.78 is 0. The number of nitrogens with two attached hydrogens (primary N) is 1. The first-order valence-electron chi connectivity index (χ1n) is 5.34. The van der Waals surface area contributed by atoms with Crippen molar-refractivity contribution in [1.82, 2.24) is 5.32 Å². The van der Waals surface area contributed by atoms with Gasteiger partial charge < -0.3 is 11.1 Å². The van der Waals surface area contributed by atoms with Crippen molar-refractivity contribution in [1.29, 1.82) is 0 Å². The van der Waals surface area contributed by atoms with E-state index < -0.39 is 0 Å². The van der Waals surface area contributed by atoms with E-state index in [-0.39, 0.29) is 0 Å². The molecule has 1 aromatic rings. The number of nitrogens with one attached hydrogen (secondary N) is 1. The Morgan fingerprint density at radius 3 is 3.00 bits per heavy atom. The molecule has 2 rings (SSSR count). The van der Waals surface area contributed by atoms with Gasteiger partial charge in [-0.05, 0) is 49.4 Å². The van der Waals surface area contributed by atoms with Crippen LogP contribution in [-0.4, -0.2) is 13.1 Å². The minimum Gasteiger partial charge on any atom is -0.399 e. The van der Waals surface area contributed by atoms with Crippen molar-refractivity contribution in [3.05, 3.63) is 29.3 Å². The Balaban J connectivity index is 2.26. The molecule has 0 bridgehead atoms. The molecule has 0 saturated carbocycles. The fourth-order valence-corrected chi connectivity index (χ4v) is 2.23. The Hall–Kier alpha value is -1.02. The Morgan fingerprint density at radius 2 is 2.29 bits per heavy atom. The topological polar surface area (TPSA) is 38.0 Å². The van der Waals surface area contributed by atoms with E-state index in [1.807, 2.05) is 6.07 Å². The van der Waals surface area contributed by atoms with Gasteiger partial charge in [0.15, 0.2) is 0 Å². The lowest BCUT2D eigenvalue weighted by atomic mass is 9.88. The lowest BCUT2D eigenvalue weighted by molar-refractivity contribution is 0.460. The molecule has 76 valence electrons. The van der Waals surface area contributed by atoms with Crippen molar-refractivity contribution in [3.63, 3.8) is 0 Å². The van der Waals surface area contributed by atoms with Crippen molar-refractivity contribution in [2.45, 2.75) is 25.7 Å². The quantitative estimate of drug-likeness (QED) is 0.665. The maximum absolute atomic E-state index is 5.91. The van der Waals surface area contributed by atoms with Gasteiger partial charge in [0, 0.05) is 12.2 Å². The third-order valence-electron chi connectivity index (χ3n) is 3.15. The first kappa shape index (κ1) is 9.53. The molecule has 1 fully saturated rings. The molecule has 2 heteroatoms. The molecule has 1 atom stereocenters. The number of hydrogen-bond donors (Lipinski definition) is 2. The van der Waals surface area contributed by atoms with Crippen LogP contribution in [0.15, 0.2) is 18.2 Å². The van der Waals surface area contributed by atoms with Crippen LogP contribution in [-0.2, 0) is 0 Å². The second-order valence-corrected chi connectivity index (χ2v) is 4.10. The predicted octanol–water partition coefficient (Wildman–Crippen LogP) is 2.04. The molecule has 1 aliphatic rings.